The Labute approximate surface area is 74.8 Å². The van der Waals surface area contributed by atoms with E-state index in [1.165, 1.54) is 12.3 Å². The second kappa shape index (κ2) is 3.45. The molecule has 0 aliphatic rings. The van der Waals surface area contributed by atoms with Crippen molar-refractivity contribution in [1.29, 1.82) is 0 Å². The van der Waals surface area contributed by atoms with Gasteiger partial charge in [-0.2, -0.15) is 10.2 Å². The highest BCUT2D eigenvalue weighted by Crippen LogP contribution is 2.12. The van der Waals surface area contributed by atoms with E-state index in [9.17, 15) is 4.39 Å². The molecule has 0 unspecified atom stereocenters. The minimum atomic E-state index is -0.252. The van der Waals surface area contributed by atoms with Crippen molar-refractivity contribution >= 4 is 23.3 Å². The molecular weight excluding hydrogens is 179 g/mol. The number of hydrogen-bond acceptors (Lipinski definition) is 2. The zero-order chi connectivity index (χ0) is 7.68. The molecule has 12 heavy (non-hydrogen) atoms. The maximum Gasteiger partial charge on any atom is 0.132 e. The van der Waals surface area contributed by atoms with Gasteiger partial charge in [0, 0.05) is 5.39 Å². The average molecular weight is 185 g/mol. The van der Waals surface area contributed by atoms with Crippen LogP contribution < -0.4 is 0 Å². The lowest BCUT2D eigenvalue weighted by molar-refractivity contribution is 0.639. The van der Waals surface area contributed by atoms with Crippen molar-refractivity contribution in [1.82, 2.24) is 10.2 Å². The number of nitrogens with zero attached hydrogens (tertiary/aromatic N) is 2. The number of halogens is 2. The zero-order valence-electron chi connectivity index (χ0n) is 6.07. The maximum atomic E-state index is 12.9. The molecule has 0 atom stereocenters. The highest BCUT2D eigenvalue weighted by atomic mass is 35.5. The first-order valence-electron chi connectivity index (χ1n) is 3.24. The third-order valence-electron chi connectivity index (χ3n) is 1.50. The molecule has 0 amide bonds. The van der Waals surface area contributed by atoms with Crippen LogP contribution in [0.2, 0.25) is 0 Å². The van der Waals surface area contributed by atoms with Gasteiger partial charge in [0.15, 0.2) is 0 Å². The first-order chi connectivity index (χ1) is 5.38. The summed E-state index contributed by atoms with van der Waals surface area (Å²) in [7, 11) is 0. The van der Waals surface area contributed by atoms with E-state index in [4.69, 9.17) is 0 Å². The van der Waals surface area contributed by atoms with Crippen LogP contribution in [0.25, 0.3) is 10.9 Å². The molecule has 0 aliphatic heterocycles. The summed E-state index contributed by atoms with van der Waals surface area (Å²) < 4.78 is 12.9. The van der Waals surface area contributed by atoms with E-state index in [1.54, 1.807) is 18.2 Å². The quantitative estimate of drug-likeness (QED) is 0.627. The zero-order valence-corrected chi connectivity index (χ0v) is 6.88. The monoisotopic (exact) mass is 184 g/mol. The van der Waals surface area contributed by atoms with Crippen LogP contribution in [0.5, 0.6) is 0 Å². The van der Waals surface area contributed by atoms with Gasteiger partial charge >= 0.3 is 0 Å². The van der Waals surface area contributed by atoms with Gasteiger partial charge in [-0.3, -0.25) is 0 Å². The fourth-order valence-electron chi connectivity index (χ4n) is 0.981. The fraction of sp³-hybridized carbons (Fsp3) is 0. The molecule has 62 valence electrons. The van der Waals surface area contributed by atoms with Crippen LogP contribution in [0.4, 0.5) is 4.39 Å². The standard InChI is InChI=1S/C8H5FN2.ClH/c9-7-2-1-3-8-6(7)4-5-10-11-8;/h1-5H;1H. The fourth-order valence-corrected chi connectivity index (χ4v) is 0.981. The van der Waals surface area contributed by atoms with E-state index in [0.717, 1.165) is 0 Å². The number of fused-ring (bicyclic) bond motifs is 1. The lowest BCUT2D eigenvalue weighted by atomic mass is 10.2. The highest BCUT2D eigenvalue weighted by molar-refractivity contribution is 5.85. The topological polar surface area (TPSA) is 25.8 Å². The summed E-state index contributed by atoms with van der Waals surface area (Å²) in [6.07, 6.45) is 1.48. The van der Waals surface area contributed by atoms with Gasteiger partial charge in [-0.1, -0.05) is 6.07 Å². The van der Waals surface area contributed by atoms with Gasteiger partial charge in [-0.05, 0) is 18.2 Å². The number of benzene rings is 1. The molecular formula is C8H6ClFN2. The third kappa shape index (κ3) is 1.36. The van der Waals surface area contributed by atoms with E-state index >= 15 is 0 Å². The lowest BCUT2D eigenvalue weighted by Gasteiger charge is -1.94. The summed E-state index contributed by atoms with van der Waals surface area (Å²) in [6, 6.07) is 6.36. The Morgan fingerprint density at radius 1 is 1.17 bits per heavy atom. The SMILES string of the molecule is Cl.Fc1cccc2nnccc12. The minimum Gasteiger partial charge on any atom is -0.206 e. The molecule has 2 nitrogen and oxygen atoms in total. The molecule has 1 aromatic heterocycles. The Hall–Kier alpha value is -1.22. The van der Waals surface area contributed by atoms with Crippen LogP contribution in [0.3, 0.4) is 0 Å². The molecule has 0 radical (unpaired) electrons. The predicted molar refractivity (Wildman–Crippen MR) is 46.7 cm³/mol. The van der Waals surface area contributed by atoms with E-state index in [-0.39, 0.29) is 18.2 Å². The summed E-state index contributed by atoms with van der Waals surface area (Å²) in [5, 5.41) is 7.91. The number of rotatable bonds is 0. The van der Waals surface area contributed by atoms with E-state index in [0.29, 0.717) is 10.9 Å². The number of hydrogen-bond donors (Lipinski definition) is 0. The van der Waals surface area contributed by atoms with Gasteiger partial charge in [0.1, 0.15) is 5.82 Å². The van der Waals surface area contributed by atoms with Crippen molar-refractivity contribution in [2.45, 2.75) is 0 Å². The summed E-state index contributed by atoms with van der Waals surface area (Å²) in [4.78, 5) is 0. The van der Waals surface area contributed by atoms with Gasteiger partial charge in [-0.25, -0.2) is 4.39 Å². The van der Waals surface area contributed by atoms with Crippen molar-refractivity contribution in [3.63, 3.8) is 0 Å². The first-order valence-corrected chi connectivity index (χ1v) is 3.24. The van der Waals surface area contributed by atoms with E-state index in [1.807, 2.05) is 0 Å². The Kier molecular flexibility index (Phi) is 2.55. The Balaban J connectivity index is 0.000000720. The largest absolute Gasteiger partial charge is 0.206 e. The first kappa shape index (κ1) is 8.87. The van der Waals surface area contributed by atoms with Crippen LogP contribution in [0.1, 0.15) is 0 Å². The van der Waals surface area contributed by atoms with Gasteiger partial charge in [0.2, 0.25) is 0 Å². The van der Waals surface area contributed by atoms with Crippen molar-refractivity contribution < 1.29 is 4.39 Å². The Morgan fingerprint density at radius 2 is 2.00 bits per heavy atom. The van der Waals surface area contributed by atoms with Crippen LogP contribution >= 0.6 is 12.4 Å². The Bertz CT molecular complexity index is 386. The van der Waals surface area contributed by atoms with Gasteiger partial charge in [-0.15, -0.1) is 12.4 Å². The molecule has 1 heterocycles. The molecule has 0 bridgehead atoms. The Morgan fingerprint density at radius 3 is 2.75 bits per heavy atom. The third-order valence-corrected chi connectivity index (χ3v) is 1.50. The average Bonchev–Trinajstić information content (AvgIpc) is 2.06. The maximum absolute atomic E-state index is 12.9. The molecule has 2 aromatic rings. The molecule has 2 rings (SSSR count). The van der Waals surface area contributed by atoms with E-state index in [2.05, 4.69) is 10.2 Å². The van der Waals surface area contributed by atoms with Crippen LogP contribution in [-0.2, 0) is 0 Å². The highest BCUT2D eigenvalue weighted by Gasteiger charge is 1.97. The normalized spacial score (nSPS) is 9.42. The van der Waals surface area contributed by atoms with Gasteiger partial charge in [0.05, 0.1) is 11.7 Å². The van der Waals surface area contributed by atoms with Crippen molar-refractivity contribution in [2.75, 3.05) is 0 Å². The minimum absolute atomic E-state index is 0. The van der Waals surface area contributed by atoms with Crippen LogP contribution in [0.15, 0.2) is 30.5 Å². The molecule has 0 saturated carbocycles. The van der Waals surface area contributed by atoms with Crippen molar-refractivity contribution in [2.24, 2.45) is 0 Å². The van der Waals surface area contributed by atoms with Crippen molar-refractivity contribution in [3.8, 4) is 0 Å². The lowest BCUT2D eigenvalue weighted by Crippen LogP contribution is -1.84. The molecule has 0 N–H and O–H groups in total. The molecule has 0 spiro atoms. The molecule has 0 saturated heterocycles. The number of aromatic nitrogens is 2. The molecule has 1 aromatic carbocycles. The summed E-state index contributed by atoms with van der Waals surface area (Å²) in [5.74, 6) is -0.252. The predicted octanol–water partition coefficient (Wildman–Crippen LogP) is 2.19. The van der Waals surface area contributed by atoms with Gasteiger partial charge in [0.25, 0.3) is 0 Å². The van der Waals surface area contributed by atoms with Crippen LogP contribution in [-0.4, -0.2) is 10.2 Å². The summed E-state index contributed by atoms with van der Waals surface area (Å²) in [6.45, 7) is 0. The molecule has 0 aliphatic carbocycles. The van der Waals surface area contributed by atoms with E-state index < -0.39 is 0 Å². The smallest absolute Gasteiger partial charge is 0.132 e. The second-order valence-corrected chi connectivity index (χ2v) is 2.20. The molecule has 4 heteroatoms. The molecule has 0 fully saturated rings. The second-order valence-electron chi connectivity index (χ2n) is 2.20. The summed E-state index contributed by atoms with van der Waals surface area (Å²) >= 11 is 0. The van der Waals surface area contributed by atoms with Gasteiger partial charge < -0.3 is 0 Å². The van der Waals surface area contributed by atoms with Crippen LogP contribution in [0, 0.1) is 5.82 Å². The summed E-state index contributed by atoms with van der Waals surface area (Å²) in [5.41, 5.74) is 0.590. The van der Waals surface area contributed by atoms with Crippen molar-refractivity contribution in [3.05, 3.63) is 36.3 Å².